The van der Waals surface area contributed by atoms with Crippen molar-refractivity contribution in [3.05, 3.63) is 45.9 Å². The molecule has 12 heteroatoms. The highest BCUT2D eigenvalue weighted by atomic mass is 32.2. The SMILES string of the molecule is CCOC(=O)Cc1csc([C@H](Cc2ccc(NS(=O)(=O)O)cc2)NC(=O)OC(C)(C)C)n1. The van der Waals surface area contributed by atoms with Gasteiger partial charge in [0, 0.05) is 5.38 Å². The van der Waals surface area contributed by atoms with Crippen LogP contribution in [0.1, 0.15) is 50.0 Å². The third-order valence-corrected chi connectivity index (χ3v) is 5.33. The first-order valence-electron chi connectivity index (χ1n) is 9.78. The van der Waals surface area contributed by atoms with Gasteiger partial charge in [-0.15, -0.1) is 11.3 Å². The predicted molar refractivity (Wildman–Crippen MR) is 120 cm³/mol. The molecular formula is C20H27N3O7S2. The molecule has 10 nitrogen and oxygen atoms in total. The van der Waals surface area contributed by atoms with E-state index in [-0.39, 0.29) is 24.7 Å². The average Bonchev–Trinajstić information content (AvgIpc) is 3.08. The second-order valence-electron chi connectivity index (χ2n) is 7.84. The molecule has 0 bridgehead atoms. The van der Waals surface area contributed by atoms with Gasteiger partial charge in [-0.25, -0.2) is 9.78 Å². The van der Waals surface area contributed by atoms with Crippen molar-refractivity contribution in [2.45, 2.75) is 52.2 Å². The molecule has 0 aliphatic heterocycles. The summed E-state index contributed by atoms with van der Waals surface area (Å²) in [6.07, 6.45) is -0.258. The van der Waals surface area contributed by atoms with Crippen LogP contribution in [0, 0.1) is 0 Å². The average molecular weight is 486 g/mol. The van der Waals surface area contributed by atoms with Gasteiger partial charge in [0.1, 0.15) is 10.6 Å². The van der Waals surface area contributed by atoms with Gasteiger partial charge in [-0.2, -0.15) is 8.42 Å². The van der Waals surface area contributed by atoms with E-state index in [1.807, 2.05) is 4.72 Å². The molecular weight excluding hydrogens is 458 g/mol. The van der Waals surface area contributed by atoms with Crippen LogP contribution >= 0.6 is 11.3 Å². The molecule has 1 aromatic heterocycles. The molecule has 0 saturated carbocycles. The number of benzene rings is 1. The van der Waals surface area contributed by atoms with Crippen molar-refractivity contribution in [2.24, 2.45) is 0 Å². The van der Waals surface area contributed by atoms with Crippen LogP contribution in [0.5, 0.6) is 0 Å². The lowest BCUT2D eigenvalue weighted by Crippen LogP contribution is -2.35. The minimum absolute atomic E-state index is 0.0273. The predicted octanol–water partition coefficient (Wildman–Crippen LogP) is 3.27. The molecule has 0 radical (unpaired) electrons. The molecule has 0 spiro atoms. The van der Waals surface area contributed by atoms with Crippen LogP contribution in [0.4, 0.5) is 10.5 Å². The summed E-state index contributed by atoms with van der Waals surface area (Å²) >= 11 is 1.29. The summed E-state index contributed by atoms with van der Waals surface area (Å²) in [5.41, 5.74) is 0.815. The lowest BCUT2D eigenvalue weighted by molar-refractivity contribution is -0.142. The summed E-state index contributed by atoms with van der Waals surface area (Å²) in [4.78, 5) is 28.6. The number of carbonyl (C=O) groups excluding carboxylic acids is 2. The number of nitrogens with zero attached hydrogens (tertiary/aromatic N) is 1. The van der Waals surface area contributed by atoms with Gasteiger partial charge in [0.05, 0.1) is 30.5 Å². The number of rotatable bonds is 9. The Morgan fingerprint density at radius 3 is 2.44 bits per heavy atom. The Bertz CT molecular complexity index is 1030. The van der Waals surface area contributed by atoms with Crippen molar-refractivity contribution in [1.29, 1.82) is 0 Å². The molecule has 1 aromatic carbocycles. The van der Waals surface area contributed by atoms with E-state index in [2.05, 4.69) is 10.3 Å². The molecule has 0 unspecified atom stereocenters. The highest BCUT2D eigenvalue weighted by molar-refractivity contribution is 7.87. The molecule has 0 fully saturated rings. The summed E-state index contributed by atoms with van der Waals surface area (Å²) in [7, 11) is -4.37. The van der Waals surface area contributed by atoms with E-state index in [4.69, 9.17) is 14.0 Å². The van der Waals surface area contributed by atoms with E-state index in [0.29, 0.717) is 17.1 Å². The fourth-order valence-corrected chi connectivity index (χ4v) is 3.97. The first kappa shape index (κ1) is 25.6. The summed E-state index contributed by atoms with van der Waals surface area (Å²) in [6, 6.07) is 5.74. The summed E-state index contributed by atoms with van der Waals surface area (Å²) in [5.74, 6) is -0.386. The minimum atomic E-state index is -4.37. The second kappa shape index (κ2) is 10.7. The summed E-state index contributed by atoms with van der Waals surface area (Å²) in [6.45, 7) is 7.26. The number of hydrogen-bond donors (Lipinski definition) is 3. The van der Waals surface area contributed by atoms with E-state index in [1.165, 1.54) is 23.5 Å². The van der Waals surface area contributed by atoms with Gasteiger partial charge in [-0.3, -0.25) is 14.1 Å². The highest BCUT2D eigenvalue weighted by Crippen LogP contribution is 2.24. The fourth-order valence-electron chi connectivity index (χ4n) is 2.67. The zero-order valence-corrected chi connectivity index (χ0v) is 19.9. The molecule has 1 heterocycles. The third-order valence-electron chi connectivity index (χ3n) is 3.83. The van der Waals surface area contributed by atoms with E-state index >= 15 is 0 Å². The molecule has 176 valence electrons. The molecule has 1 amide bonds. The van der Waals surface area contributed by atoms with Crippen LogP contribution in [-0.2, 0) is 37.4 Å². The van der Waals surface area contributed by atoms with Gasteiger partial charge in [-0.1, -0.05) is 12.1 Å². The normalized spacial score (nSPS) is 12.7. The van der Waals surface area contributed by atoms with Crippen LogP contribution in [0.3, 0.4) is 0 Å². The lowest BCUT2D eigenvalue weighted by Gasteiger charge is -2.23. The van der Waals surface area contributed by atoms with Gasteiger partial charge in [0.2, 0.25) is 0 Å². The van der Waals surface area contributed by atoms with Crippen molar-refractivity contribution >= 4 is 39.4 Å². The first-order valence-corrected chi connectivity index (χ1v) is 12.1. The monoisotopic (exact) mass is 485 g/mol. The molecule has 0 aliphatic rings. The Hall–Kier alpha value is -2.70. The lowest BCUT2D eigenvalue weighted by atomic mass is 10.1. The Balaban J connectivity index is 2.20. The number of amides is 1. The number of aromatic nitrogens is 1. The molecule has 0 saturated heterocycles. The maximum Gasteiger partial charge on any atom is 0.408 e. The van der Waals surface area contributed by atoms with Crippen molar-refractivity contribution in [3.63, 3.8) is 0 Å². The number of esters is 1. The third kappa shape index (κ3) is 9.20. The van der Waals surface area contributed by atoms with Gasteiger partial charge < -0.3 is 14.8 Å². The molecule has 1 atom stereocenters. The maximum atomic E-state index is 12.4. The Kier molecular flexibility index (Phi) is 8.58. The standard InChI is InChI=1S/C20H27N3O7S2/c1-5-29-17(24)11-15-12-31-18(21-15)16(22-19(25)30-20(2,3)4)10-13-6-8-14(9-7-13)23-32(26,27)28/h6-9,12,16,23H,5,10-11H2,1-4H3,(H,22,25)(H,26,27,28)/t16-/m0/s1. The van der Waals surface area contributed by atoms with Crippen molar-refractivity contribution < 1.29 is 32.0 Å². The van der Waals surface area contributed by atoms with E-state index in [0.717, 1.165) is 5.56 Å². The highest BCUT2D eigenvalue weighted by Gasteiger charge is 2.23. The summed E-state index contributed by atoms with van der Waals surface area (Å²) in [5, 5.41) is 5.11. The largest absolute Gasteiger partial charge is 0.466 e. The molecule has 32 heavy (non-hydrogen) atoms. The van der Waals surface area contributed by atoms with Crippen molar-refractivity contribution in [2.75, 3.05) is 11.3 Å². The number of ether oxygens (including phenoxy) is 2. The van der Waals surface area contributed by atoms with Crippen LogP contribution in [0.2, 0.25) is 0 Å². The van der Waals surface area contributed by atoms with E-state index in [9.17, 15) is 18.0 Å². The van der Waals surface area contributed by atoms with Gasteiger partial charge >= 0.3 is 22.4 Å². The molecule has 2 aromatic rings. The molecule has 2 rings (SSSR count). The number of hydrogen-bond acceptors (Lipinski definition) is 8. The Morgan fingerprint density at radius 2 is 1.88 bits per heavy atom. The molecule has 0 aliphatic carbocycles. The molecule has 3 N–H and O–H groups in total. The minimum Gasteiger partial charge on any atom is -0.466 e. The van der Waals surface area contributed by atoms with Gasteiger partial charge in [-0.05, 0) is 51.8 Å². The Labute approximate surface area is 191 Å². The quantitative estimate of drug-likeness (QED) is 0.363. The number of alkyl carbamates (subject to hydrolysis) is 1. The number of carbonyl (C=O) groups is 2. The van der Waals surface area contributed by atoms with E-state index in [1.54, 1.807) is 45.2 Å². The van der Waals surface area contributed by atoms with Crippen LogP contribution in [0.25, 0.3) is 0 Å². The first-order chi connectivity index (χ1) is 14.8. The van der Waals surface area contributed by atoms with Crippen LogP contribution < -0.4 is 10.0 Å². The number of anilines is 1. The smallest absolute Gasteiger partial charge is 0.408 e. The van der Waals surface area contributed by atoms with Gasteiger partial charge in [0.15, 0.2) is 0 Å². The zero-order chi connectivity index (χ0) is 23.9. The van der Waals surface area contributed by atoms with Gasteiger partial charge in [0.25, 0.3) is 0 Å². The summed E-state index contributed by atoms with van der Waals surface area (Å²) < 4.78 is 43.0. The maximum absolute atomic E-state index is 12.4. The Morgan fingerprint density at radius 1 is 1.22 bits per heavy atom. The number of thiazole rings is 1. The second-order valence-corrected chi connectivity index (χ2v) is 9.88. The number of nitrogens with one attached hydrogen (secondary N) is 2. The fraction of sp³-hybridized carbons (Fsp3) is 0.450. The van der Waals surface area contributed by atoms with Crippen molar-refractivity contribution in [3.8, 4) is 0 Å². The van der Waals surface area contributed by atoms with E-state index < -0.39 is 28.0 Å². The zero-order valence-electron chi connectivity index (χ0n) is 18.2. The van der Waals surface area contributed by atoms with Crippen LogP contribution in [-0.4, -0.2) is 42.2 Å². The van der Waals surface area contributed by atoms with Crippen molar-refractivity contribution in [1.82, 2.24) is 10.3 Å². The van der Waals surface area contributed by atoms with Crippen LogP contribution in [0.15, 0.2) is 29.6 Å². The topological polar surface area (TPSA) is 144 Å².